The maximum atomic E-state index is 5.07. The highest BCUT2D eigenvalue weighted by atomic mass is 15.2. The van der Waals surface area contributed by atoms with Crippen LogP contribution in [0.3, 0.4) is 0 Å². The van der Waals surface area contributed by atoms with Crippen LogP contribution in [0.5, 0.6) is 0 Å². The zero-order valence-corrected chi connectivity index (χ0v) is 17.0. The van der Waals surface area contributed by atoms with Gasteiger partial charge in [-0.25, -0.2) is 4.98 Å². The number of para-hydroxylation sites is 2. The summed E-state index contributed by atoms with van der Waals surface area (Å²) in [6, 6.07) is 19.8. The SMILES string of the molecule is C(=Cc1ccccc1)CN1CCC(n2c(C3CCNC3)nc3ccccc32)CC1. The van der Waals surface area contributed by atoms with Crippen molar-refractivity contribution in [1.29, 1.82) is 0 Å². The van der Waals surface area contributed by atoms with Crippen molar-refractivity contribution in [1.82, 2.24) is 19.8 Å². The van der Waals surface area contributed by atoms with E-state index in [4.69, 9.17) is 4.98 Å². The number of fused-ring (bicyclic) bond motifs is 1. The van der Waals surface area contributed by atoms with Gasteiger partial charge in [0.25, 0.3) is 0 Å². The molecule has 2 saturated heterocycles. The molecule has 0 bridgehead atoms. The Morgan fingerprint density at radius 3 is 2.55 bits per heavy atom. The lowest BCUT2D eigenvalue weighted by Gasteiger charge is -2.33. The predicted molar refractivity (Wildman–Crippen MR) is 120 cm³/mol. The van der Waals surface area contributed by atoms with Crippen molar-refractivity contribution >= 4 is 17.1 Å². The van der Waals surface area contributed by atoms with Gasteiger partial charge in [-0.05, 0) is 43.5 Å². The third kappa shape index (κ3) is 4.00. The molecule has 1 N–H and O–H groups in total. The van der Waals surface area contributed by atoms with E-state index in [1.165, 1.54) is 36.2 Å². The van der Waals surface area contributed by atoms with E-state index in [-0.39, 0.29) is 0 Å². The second-order valence-corrected chi connectivity index (χ2v) is 8.36. The molecule has 2 aromatic carbocycles. The molecular formula is C25H30N4. The van der Waals surface area contributed by atoms with E-state index in [1.807, 2.05) is 0 Å². The van der Waals surface area contributed by atoms with E-state index in [9.17, 15) is 0 Å². The fraction of sp³-hybridized carbons (Fsp3) is 0.400. The lowest BCUT2D eigenvalue weighted by molar-refractivity contribution is 0.202. The number of likely N-dealkylation sites (tertiary alicyclic amines) is 1. The van der Waals surface area contributed by atoms with Crippen LogP contribution in [-0.4, -0.2) is 47.2 Å². The van der Waals surface area contributed by atoms with Gasteiger partial charge in [-0.15, -0.1) is 0 Å². The summed E-state index contributed by atoms with van der Waals surface area (Å²) in [5.74, 6) is 1.85. The normalized spacial score (nSPS) is 21.4. The monoisotopic (exact) mass is 386 g/mol. The van der Waals surface area contributed by atoms with Gasteiger partial charge in [-0.2, -0.15) is 0 Å². The van der Waals surface area contributed by atoms with Crippen LogP contribution in [-0.2, 0) is 0 Å². The summed E-state index contributed by atoms with van der Waals surface area (Å²) >= 11 is 0. The standard InChI is InChI=1S/C25H30N4/c1-2-7-20(8-3-1)9-6-16-28-17-13-22(14-18-28)29-24-11-5-4-10-23(24)27-25(29)21-12-15-26-19-21/h1-11,21-22,26H,12-19H2. The van der Waals surface area contributed by atoms with Crippen LogP contribution in [0.2, 0.25) is 0 Å². The van der Waals surface area contributed by atoms with Gasteiger partial charge in [-0.3, -0.25) is 4.90 Å². The van der Waals surface area contributed by atoms with Crippen LogP contribution >= 0.6 is 0 Å². The van der Waals surface area contributed by atoms with Crippen molar-refractivity contribution in [3.05, 3.63) is 72.1 Å². The van der Waals surface area contributed by atoms with Crippen LogP contribution in [0, 0.1) is 0 Å². The number of benzene rings is 2. The Kier molecular flexibility index (Phi) is 5.46. The summed E-state index contributed by atoms with van der Waals surface area (Å²) in [7, 11) is 0. The average Bonchev–Trinajstić information content (AvgIpc) is 3.43. The number of aromatic nitrogens is 2. The first-order chi connectivity index (χ1) is 14.4. The summed E-state index contributed by atoms with van der Waals surface area (Å²) in [5, 5.41) is 3.52. The molecule has 3 aromatic rings. The Bertz CT molecular complexity index is 961. The maximum Gasteiger partial charge on any atom is 0.114 e. The van der Waals surface area contributed by atoms with Gasteiger partial charge >= 0.3 is 0 Å². The van der Waals surface area contributed by atoms with E-state index in [1.54, 1.807) is 0 Å². The highest BCUT2D eigenvalue weighted by molar-refractivity contribution is 5.76. The Labute approximate surface area is 173 Å². The molecule has 0 radical (unpaired) electrons. The fourth-order valence-corrected chi connectivity index (χ4v) is 4.87. The topological polar surface area (TPSA) is 33.1 Å². The molecule has 4 heteroatoms. The highest BCUT2D eigenvalue weighted by Crippen LogP contribution is 2.33. The zero-order chi connectivity index (χ0) is 19.5. The first-order valence-corrected chi connectivity index (χ1v) is 11.0. The molecule has 1 aromatic heterocycles. The zero-order valence-electron chi connectivity index (χ0n) is 17.0. The number of piperidine rings is 1. The number of hydrogen-bond donors (Lipinski definition) is 1. The third-order valence-electron chi connectivity index (χ3n) is 6.44. The van der Waals surface area contributed by atoms with Crippen LogP contribution in [0.1, 0.15) is 42.6 Å². The van der Waals surface area contributed by atoms with Crippen molar-refractivity contribution in [3.63, 3.8) is 0 Å². The number of imidazole rings is 1. The summed E-state index contributed by atoms with van der Waals surface area (Å²) < 4.78 is 2.59. The lowest BCUT2D eigenvalue weighted by atomic mass is 10.0. The third-order valence-corrected chi connectivity index (χ3v) is 6.44. The summed E-state index contributed by atoms with van der Waals surface area (Å²) in [4.78, 5) is 7.65. The first-order valence-electron chi connectivity index (χ1n) is 11.0. The molecule has 0 saturated carbocycles. The second-order valence-electron chi connectivity index (χ2n) is 8.36. The van der Waals surface area contributed by atoms with Crippen molar-refractivity contribution in [2.24, 2.45) is 0 Å². The van der Waals surface area contributed by atoms with Gasteiger partial charge < -0.3 is 9.88 Å². The van der Waals surface area contributed by atoms with Crippen LogP contribution in [0.4, 0.5) is 0 Å². The molecular weight excluding hydrogens is 356 g/mol. The fourth-order valence-electron chi connectivity index (χ4n) is 4.87. The molecule has 2 fully saturated rings. The van der Waals surface area contributed by atoms with E-state index in [0.717, 1.165) is 38.2 Å². The maximum absolute atomic E-state index is 5.07. The van der Waals surface area contributed by atoms with Gasteiger partial charge in [0.05, 0.1) is 11.0 Å². The molecule has 2 aliphatic rings. The molecule has 5 rings (SSSR count). The van der Waals surface area contributed by atoms with Crippen LogP contribution in [0.25, 0.3) is 17.1 Å². The Morgan fingerprint density at radius 1 is 0.966 bits per heavy atom. The predicted octanol–water partition coefficient (Wildman–Crippen LogP) is 4.46. The van der Waals surface area contributed by atoms with E-state index >= 15 is 0 Å². The highest BCUT2D eigenvalue weighted by Gasteiger charge is 2.28. The number of nitrogens with zero attached hydrogens (tertiary/aromatic N) is 3. The summed E-state index contributed by atoms with van der Waals surface area (Å²) in [6.07, 6.45) is 8.14. The van der Waals surface area contributed by atoms with Gasteiger partial charge in [0, 0.05) is 38.1 Å². The van der Waals surface area contributed by atoms with E-state index in [2.05, 4.69) is 81.5 Å². The lowest BCUT2D eigenvalue weighted by Crippen LogP contribution is -2.35. The van der Waals surface area contributed by atoms with Gasteiger partial charge in [0.2, 0.25) is 0 Å². The number of nitrogens with one attached hydrogen (secondary N) is 1. The molecule has 4 nitrogen and oxygen atoms in total. The minimum Gasteiger partial charge on any atom is -0.324 e. The largest absolute Gasteiger partial charge is 0.324 e. The smallest absolute Gasteiger partial charge is 0.114 e. The summed E-state index contributed by atoms with van der Waals surface area (Å²) in [6.45, 7) is 5.51. The van der Waals surface area contributed by atoms with Crippen LogP contribution in [0.15, 0.2) is 60.7 Å². The van der Waals surface area contributed by atoms with Crippen molar-refractivity contribution in [2.45, 2.75) is 31.2 Å². The minimum atomic E-state index is 0.550. The number of rotatable bonds is 5. The van der Waals surface area contributed by atoms with Crippen LogP contribution < -0.4 is 5.32 Å². The van der Waals surface area contributed by atoms with E-state index in [0.29, 0.717) is 12.0 Å². The van der Waals surface area contributed by atoms with Crippen molar-refractivity contribution < 1.29 is 0 Å². The molecule has 1 atom stereocenters. The Balaban J connectivity index is 1.29. The summed E-state index contributed by atoms with van der Waals surface area (Å²) in [5.41, 5.74) is 3.75. The second kappa shape index (κ2) is 8.52. The molecule has 0 spiro atoms. The molecule has 3 heterocycles. The number of hydrogen-bond acceptors (Lipinski definition) is 3. The molecule has 150 valence electrons. The molecule has 2 aliphatic heterocycles. The molecule has 0 aliphatic carbocycles. The van der Waals surface area contributed by atoms with Crippen molar-refractivity contribution in [3.8, 4) is 0 Å². The van der Waals surface area contributed by atoms with Gasteiger partial charge in [0.1, 0.15) is 5.82 Å². The van der Waals surface area contributed by atoms with Crippen molar-refractivity contribution in [2.75, 3.05) is 32.7 Å². The molecule has 29 heavy (non-hydrogen) atoms. The Morgan fingerprint density at radius 2 is 1.76 bits per heavy atom. The quantitative estimate of drug-likeness (QED) is 0.703. The minimum absolute atomic E-state index is 0.550. The molecule has 1 unspecified atom stereocenters. The van der Waals surface area contributed by atoms with Gasteiger partial charge in [0.15, 0.2) is 0 Å². The van der Waals surface area contributed by atoms with Gasteiger partial charge in [-0.1, -0.05) is 54.6 Å². The first kappa shape index (κ1) is 18.6. The average molecular weight is 387 g/mol. The Hall–Kier alpha value is -2.43. The molecule has 0 amide bonds. The van der Waals surface area contributed by atoms with E-state index < -0.39 is 0 Å².